The second-order valence-electron chi connectivity index (χ2n) is 4.79. The number of hydrogen-bond acceptors (Lipinski definition) is 2. The highest BCUT2D eigenvalue weighted by Crippen LogP contribution is 2.28. The first-order valence-electron chi connectivity index (χ1n) is 6.59. The molecule has 2 rings (SSSR count). The van der Waals surface area contributed by atoms with Crippen molar-refractivity contribution in [2.24, 2.45) is 11.7 Å². The van der Waals surface area contributed by atoms with Gasteiger partial charge in [0.2, 0.25) is 0 Å². The average Bonchev–Trinajstić information content (AvgIpc) is 2.43. The van der Waals surface area contributed by atoms with Gasteiger partial charge in [-0.05, 0) is 22.8 Å². The molecule has 2 nitrogen and oxygen atoms in total. The Bertz CT molecular complexity index is 521. The van der Waals surface area contributed by atoms with E-state index in [-0.39, 0.29) is 0 Å². The number of rotatable bonds is 5. The van der Waals surface area contributed by atoms with Gasteiger partial charge in [0, 0.05) is 12.1 Å². The molecule has 18 heavy (non-hydrogen) atoms. The van der Waals surface area contributed by atoms with Crippen molar-refractivity contribution in [1.82, 2.24) is 0 Å². The van der Waals surface area contributed by atoms with Gasteiger partial charge in [-0.15, -0.1) is 0 Å². The maximum absolute atomic E-state index is 5.91. The Kier molecular flexibility index (Phi) is 4.21. The fourth-order valence-corrected chi connectivity index (χ4v) is 2.01. The Labute approximate surface area is 109 Å². The van der Waals surface area contributed by atoms with Crippen molar-refractivity contribution in [3.8, 4) is 5.75 Å². The van der Waals surface area contributed by atoms with Gasteiger partial charge >= 0.3 is 0 Å². The molecule has 2 aromatic rings. The van der Waals surface area contributed by atoms with Crippen LogP contribution in [-0.2, 0) is 6.54 Å². The third-order valence-corrected chi connectivity index (χ3v) is 3.42. The summed E-state index contributed by atoms with van der Waals surface area (Å²) in [5, 5.41) is 2.41. The monoisotopic (exact) mass is 243 g/mol. The fraction of sp³-hybridized carbons (Fsp3) is 0.375. The van der Waals surface area contributed by atoms with Crippen molar-refractivity contribution in [2.45, 2.75) is 26.8 Å². The average molecular weight is 243 g/mol. The van der Waals surface area contributed by atoms with E-state index in [2.05, 4.69) is 32.0 Å². The van der Waals surface area contributed by atoms with Crippen molar-refractivity contribution in [3.05, 3.63) is 42.0 Å². The third-order valence-electron chi connectivity index (χ3n) is 3.42. The van der Waals surface area contributed by atoms with Crippen LogP contribution in [0.1, 0.15) is 25.8 Å². The van der Waals surface area contributed by atoms with Crippen LogP contribution in [0.15, 0.2) is 36.4 Å². The van der Waals surface area contributed by atoms with Crippen LogP contribution in [-0.4, -0.2) is 6.61 Å². The van der Waals surface area contributed by atoms with Crippen LogP contribution in [0.25, 0.3) is 10.8 Å². The van der Waals surface area contributed by atoms with Crippen molar-refractivity contribution in [3.63, 3.8) is 0 Å². The van der Waals surface area contributed by atoms with Crippen LogP contribution in [0.2, 0.25) is 0 Å². The molecular weight excluding hydrogens is 222 g/mol. The standard InChI is InChI=1S/C16H21NO/c1-3-12(2)11-18-16-9-8-13-6-4-5-7-14(13)15(16)10-17/h4-9,12H,3,10-11,17H2,1-2H3. The molecule has 2 N–H and O–H groups in total. The molecule has 0 saturated heterocycles. The van der Waals surface area contributed by atoms with E-state index in [0.29, 0.717) is 12.5 Å². The molecule has 0 saturated carbocycles. The molecule has 0 amide bonds. The predicted molar refractivity (Wildman–Crippen MR) is 76.8 cm³/mol. The molecule has 1 unspecified atom stereocenters. The zero-order chi connectivity index (χ0) is 13.0. The van der Waals surface area contributed by atoms with Gasteiger partial charge in [-0.1, -0.05) is 50.6 Å². The highest BCUT2D eigenvalue weighted by atomic mass is 16.5. The minimum atomic E-state index is 0.511. The van der Waals surface area contributed by atoms with Gasteiger partial charge < -0.3 is 10.5 Å². The van der Waals surface area contributed by atoms with Crippen LogP contribution in [0.4, 0.5) is 0 Å². The number of hydrogen-bond donors (Lipinski definition) is 1. The quantitative estimate of drug-likeness (QED) is 0.868. The lowest BCUT2D eigenvalue weighted by Gasteiger charge is -2.15. The van der Waals surface area contributed by atoms with Crippen molar-refractivity contribution >= 4 is 10.8 Å². The first kappa shape index (κ1) is 12.9. The molecule has 2 aromatic carbocycles. The molecule has 0 bridgehead atoms. The molecule has 0 aliphatic rings. The number of fused-ring (bicyclic) bond motifs is 1. The lowest BCUT2D eigenvalue weighted by Crippen LogP contribution is -2.10. The highest BCUT2D eigenvalue weighted by Gasteiger charge is 2.08. The lowest BCUT2D eigenvalue weighted by molar-refractivity contribution is 0.255. The molecule has 0 heterocycles. The second kappa shape index (κ2) is 5.87. The van der Waals surface area contributed by atoms with Gasteiger partial charge in [0.25, 0.3) is 0 Å². The number of benzene rings is 2. The Morgan fingerprint density at radius 3 is 2.67 bits per heavy atom. The third kappa shape index (κ3) is 2.65. The predicted octanol–water partition coefficient (Wildman–Crippen LogP) is 3.72. The van der Waals surface area contributed by atoms with E-state index in [1.54, 1.807) is 0 Å². The smallest absolute Gasteiger partial charge is 0.124 e. The van der Waals surface area contributed by atoms with E-state index >= 15 is 0 Å². The maximum atomic E-state index is 5.91. The van der Waals surface area contributed by atoms with Crippen LogP contribution in [0.3, 0.4) is 0 Å². The molecular formula is C16H21NO. The number of nitrogens with two attached hydrogens (primary N) is 1. The largest absolute Gasteiger partial charge is 0.493 e. The van der Waals surface area contributed by atoms with Crippen molar-refractivity contribution < 1.29 is 4.74 Å². The Balaban J connectivity index is 2.33. The van der Waals surface area contributed by atoms with Gasteiger partial charge in [0.05, 0.1) is 6.61 Å². The Morgan fingerprint density at radius 1 is 1.17 bits per heavy atom. The molecule has 2 heteroatoms. The molecule has 0 aliphatic carbocycles. The molecule has 96 valence electrons. The van der Waals surface area contributed by atoms with E-state index in [9.17, 15) is 0 Å². The summed E-state index contributed by atoms with van der Waals surface area (Å²) >= 11 is 0. The first-order valence-corrected chi connectivity index (χ1v) is 6.59. The normalized spacial score (nSPS) is 12.6. The zero-order valence-corrected chi connectivity index (χ0v) is 11.1. The fourth-order valence-electron chi connectivity index (χ4n) is 2.01. The summed E-state index contributed by atoms with van der Waals surface area (Å²) in [4.78, 5) is 0. The molecule has 0 aromatic heterocycles. The van der Waals surface area contributed by atoms with Gasteiger partial charge in [0.1, 0.15) is 5.75 Å². The summed E-state index contributed by atoms with van der Waals surface area (Å²) < 4.78 is 5.91. The zero-order valence-electron chi connectivity index (χ0n) is 11.1. The van der Waals surface area contributed by atoms with Crippen molar-refractivity contribution in [2.75, 3.05) is 6.61 Å². The summed E-state index contributed by atoms with van der Waals surface area (Å²) in [5.74, 6) is 1.50. The van der Waals surface area contributed by atoms with Gasteiger partial charge in [-0.2, -0.15) is 0 Å². The SMILES string of the molecule is CCC(C)COc1ccc2ccccc2c1CN. The summed E-state index contributed by atoms with van der Waals surface area (Å²) in [7, 11) is 0. The summed E-state index contributed by atoms with van der Waals surface area (Å²) in [6.45, 7) is 5.64. The van der Waals surface area contributed by atoms with E-state index in [1.807, 2.05) is 18.2 Å². The van der Waals surface area contributed by atoms with Gasteiger partial charge in [-0.25, -0.2) is 0 Å². The second-order valence-corrected chi connectivity index (χ2v) is 4.79. The van der Waals surface area contributed by atoms with Crippen LogP contribution >= 0.6 is 0 Å². The van der Waals surface area contributed by atoms with E-state index < -0.39 is 0 Å². The summed E-state index contributed by atoms with van der Waals surface area (Å²) in [6, 6.07) is 12.4. The van der Waals surface area contributed by atoms with Crippen LogP contribution < -0.4 is 10.5 Å². The summed E-state index contributed by atoms with van der Waals surface area (Å²) in [5.41, 5.74) is 6.98. The van der Waals surface area contributed by atoms with Gasteiger partial charge in [0.15, 0.2) is 0 Å². The molecule has 0 radical (unpaired) electrons. The van der Waals surface area contributed by atoms with E-state index in [0.717, 1.165) is 24.3 Å². The minimum Gasteiger partial charge on any atom is -0.493 e. The van der Waals surface area contributed by atoms with Crippen molar-refractivity contribution in [1.29, 1.82) is 0 Å². The minimum absolute atomic E-state index is 0.511. The molecule has 1 atom stereocenters. The number of ether oxygens (including phenoxy) is 1. The van der Waals surface area contributed by atoms with Crippen LogP contribution in [0, 0.1) is 5.92 Å². The van der Waals surface area contributed by atoms with E-state index in [4.69, 9.17) is 10.5 Å². The maximum Gasteiger partial charge on any atom is 0.124 e. The Morgan fingerprint density at radius 2 is 1.94 bits per heavy atom. The van der Waals surface area contributed by atoms with E-state index in [1.165, 1.54) is 10.8 Å². The van der Waals surface area contributed by atoms with Crippen LogP contribution in [0.5, 0.6) is 5.75 Å². The summed E-state index contributed by atoms with van der Waals surface area (Å²) in [6.07, 6.45) is 1.13. The Hall–Kier alpha value is -1.54. The molecule has 0 fully saturated rings. The molecule has 0 aliphatic heterocycles. The topological polar surface area (TPSA) is 35.2 Å². The first-order chi connectivity index (χ1) is 8.76. The molecule has 0 spiro atoms. The van der Waals surface area contributed by atoms with Gasteiger partial charge in [-0.3, -0.25) is 0 Å². The highest BCUT2D eigenvalue weighted by molar-refractivity contribution is 5.87. The lowest BCUT2D eigenvalue weighted by atomic mass is 10.0.